The van der Waals surface area contributed by atoms with Crippen molar-refractivity contribution in [3.8, 4) is 0 Å². The maximum atomic E-state index is 6.36. The number of rotatable bonds is 3. The van der Waals surface area contributed by atoms with Gasteiger partial charge in [-0.3, -0.25) is 0 Å². The lowest BCUT2D eigenvalue weighted by molar-refractivity contribution is 0.849. The molecule has 0 aliphatic carbocycles. The number of hydrogen-bond acceptors (Lipinski definition) is 1. The number of H-pyrrole nitrogens is 1. The van der Waals surface area contributed by atoms with Crippen LogP contribution in [0, 0.1) is 6.92 Å². The summed E-state index contributed by atoms with van der Waals surface area (Å²) in [6, 6.07) is 5.79. The third kappa shape index (κ3) is 2.39. The smallest absolute Gasteiger partial charge is 0.107 e. The standard InChI is InChI=1S/C12H12Cl2N2/c1-8-9(3-2-4-10(8)13)11(14)7-12-15-5-6-16-12/h2-6,11H,7H2,1H3,(H,15,16). The highest BCUT2D eigenvalue weighted by molar-refractivity contribution is 6.31. The van der Waals surface area contributed by atoms with Crippen molar-refractivity contribution in [2.75, 3.05) is 0 Å². The summed E-state index contributed by atoms with van der Waals surface area (Å²) >= 11 is 12.4. The van der Waals surface area contributed by atoms with Crippen LogP contribution >= 0.6 is 23.2 Å². The van der Waals surface area contributed by atoms with E-state index >= 15 is 0 Å². The Hall–Kier alpha value is -0.990. The first kappa shape index (κ1) is 11.5. The molecule has 1 heterocycles. The van der Waals surface area contributed by atoms with E-state index in [2.05, 4.69) is 9.97 Å². The van der Waals surface area contributed by atoms with Gasteiger partial charge in [0.1, 0.15) is 5.82 Å². The van der Waals surface area contributed by atoms with E-state index < -0.39 is 0 Å². The van der Waals surface area contributed by atoms with Gasteiger partial charge >= 0.3 is 0 Å². The first-order chi connectivity index (χ1) is 7.68. The summed E-state index contributed by atoms with van der Waals surface area (Å²) in [5, 5.41) is 0.646. The second-order valence-corrected chi connectivity index (χ2v) is 4.60. The summed E-state index contributed by atoms with van der Waals surface area (Å²) in [5.41, 5.74) is 2.10. The van der Waals surface area contributed by atoms with Crippen LogP contribution in [0.1, 0.15) is 22.3 Å². The Morgan fingerprint density at radius 2 is 2.25 bits per heavy atom. The van der Waals surface area contributed by atoms with Gasteiger partial charge in [-0.2, -0.15) is 0 Å². The summed E-state index contributed by atoms with van der Waals surface area (Å²) in [6.45, 7) is 1.98. The van der Waals surface area contributed by atoms with Crippen LogP contribution < -0.4 is 0 Å². The van der Waals surface area contributed by atoms with Crippen molar-refractivity contribution >= 4 is 23.2 Å². The second-order valence-electron chi connectivity index (χ2n) is 3.66. The summed E-state index contributed by atoms with van der Waals surface area (Å²) in [5.74, 6) is 0.888. The molecule has 0 saturated heterocycles. The first-order valence-electron chi connectivity index (χ1n) is 5.06. The predicted molar refractivity (Wildman–Crippen MR) is 67.1 cm³/mol. The molecule has 2 nitrogen and oxygen atoms in total. The number of aromatic nitrogens is 2. The van der Waals surface area contributed by atoms with Gasteiger partial charge in [-0.05, 0) is 24.1 Å². The summed E-state index contributed by atoms with van der Waals surface area (Å²) in [7, 11) is 0. The maximum Gasteiger partial charge on any atom is 0.107 e. The Morgan fingerprint density at radius 3 is 2.94 bits per heavy atom. The molecule has 0 amide bonds. The Morgan fingerprint density at radius 1 is 1.44 bits per heavy atom. The Balaban J connectivity index is 2.21. The Bertz CT molecular complexity index is 466. The van der Waals surface area contributed by atoms with Gasteiger partial charge in [0.25, 0.3) is 0 Å². The van der Waals surface area contributed by atoms with Gasteiger partial charge in [-0.1, -0.05) is 23.7 Å². The molecule has 0 bridgehead atoms. The number of halogens is 2. The normalized spacial score (nSPS) is 12.7. The van der Waals surface area contributed by atoms with Crippen molar-refractivity contribution in [2.45, 2.75) is 18.7 Å². The van der Waals surface area contributed by atoms with Crippen molar-refractivity contribution < 1.29 is 0 Å². The Labute approximate surface area is 105 Å². The van der Waals surface area contributed by atoms with Crippen LogP contribution in [0.2, 0.25) is 5.02 Å². The number of nitrogens with zero attached hydrogens (tertiary/aromatic N) is 1. The van der Waals surface area contributed by atoms with Crippen LogP contribution in [0.3, 0.4) is 0 Å². The highest BCUT2D eigenvalue weighted by Crippen LogP contribution is 2.30. The van der Waals surface area contributed by atoms with Gasteiger partial charge in [0.2, 0.25) is 0 Å². The van der Waals surface area contributed by atoms with E-state index in [9.17, 15) is 0 Å². The molecule has 0 aliphatic heterocycles. The van der Waals surface area contributed by atoms with Gasteiger partial charge in [-0.15, -0.1) is 11.6 Å². The molecular weight excluding hydrogens is 243 g/mol. The van der Waals surface area contributed by atoms with Crippen LogP contribution in [-0.4, -0.2) is 9.97 Å². The minimum atomic E-state index is -0.107. The minimum absolute atomic E-state index is 0.107. The van der Waals surface area contributed by atoms with Crippen LogP contribution in [-0.2, 0) is 6.42 Å². The number of nitrogens with one attached hydrogen (secondary N) is 1. The number of hydrogen-bond donors (Lipinski definition) is 1. The molecule has 0 radical (unpaired) electrons. The van der Waals surface area contributed by atoms with E-state index in [4.69, 9.17) is 23.2 Å². The zero-order chi connectivity index (χ0) is 11.5. The Kier molecular flexibility index (Phi) is 3.52. The number of alkyl halides is 1. The SMILES string of the molecule is Cc1c(Cl)cccc1C(Cl)Cc1ncc[nH]1. The average Bonchev–Trinajstić information content (AvgIpc) is 2.74. The molecule has 1 aromatic heterocycles. The molecule has 84 valence electrons. The molecule has 1 unspecified atom stereocenters. The topological polar surface area (TPSA) is 28.7 Å². The van der Waals surface area contributed by atoms with Crippen LogP contribution in [0.4, 0.5) is 0 Å². The highest BCUT2D eigenvalue weighted by Gasteiger charge is 2.13. The largest absolute Gasteiger partial charge is 0.349 e. The number of imidazole rings is 1. The summed E-state index contributed by atoms with van der Waals surface area (Å²) < 4.78 is 0. The molecule has 16 heavy (non-hydrogen) atoms. The van der Waals surface area contributed by atoms with Crippen LogP contribution in [0.25, 0.3) is 0 Å². The van der Waals surface area contributed by atoms with E-state index in [1.807, 2.05) is 25.1 Å². The quantitative estimate of drug-likeness (QED) is 0.828. The van der Waals surface area contributed by atoms with Crippen molar-refractivity contribution in [2.24, 2.45) is 0 Å². The first-order valence-corrected chi connectivity index (χ1v) is 5.87. The van der Waals surface area contributed by atoms with Gasteiger partial charge in [-0.25, -0.2) is 4.98 Å². The molecular formula is C12H12Cl2N2. The summed E-state index contributed by atoms with van der Waals surface area (Å²) in [6.07, 6.45) is 4.20. The fourth-order valence-corrected chi connectivity index (χ4v) is 2.22. The zero-order valence-corrected chi connectivity index (χ0v) is 10.4. The van der Waals surface area contributed by atoms with E-state index in [1.165, 1.54) is 0 Å². The third-order valence-corrected chi connectivity index (χ3v) is 3.37. The monoisotopic (exact) mass is 254 g/mol. The minimum Gasteiger partial charge on any atom is -0.349 e. The lowest BCUT2D eigenvalue weighted by Gasteiger charge is -2.12. The number of aromatic amines is 1. The lowest BCUT2D eigenvalue weighted by Crippen LogP contribution is -2.00. The van der Waals surface area contributed by atoms with Crippen molar-refractivity contribution in [3.05, 3.63) is 52.6 Å². The van der Waals surface area contributed by atoms with Gasteiger partial charge < -0.3 is 4.98 Å². The maximum absolute atomic E-state index is 6.36. The molecule has 0 fully saturated rings. The molecule has 1 aromatic carbocycles. The fourth-order valence-electron chi connectivity index (χ4n) is 1.65. The fraction of sp³-hybridized carbons (Fsp3) is 0.250. The molecule has 0 spiro atoms. The molecule has 0 aliphatic rings. The average molecular weight is 255 g/mol. The highest BCUT2D eigenvalue weighted by atomic mass is 35.5. The van der Waals surface area contributed by atoms with E-state index in [1.54, 1.807) is 12.4 Å². The molecule has 1 atom stereocenters. The van der Waals surface area contributed by atoms with Crippen molar-refractivity contribution in [3.63, 3.8) is 0 Å². The van der Waals surface area contributed by atoms with E-state index in [-0.39, 0.29) is 5.38 Å². The molecule has 0 saturated carbocycles. The van der Waals surface area contributed by atoms with Gasteiger partial charge in [0, 0.05) is 23.8 Å². The van der Waals surface area contributed by atoms with E-state index in [0.717, 1.165) is 22.0 Å². The molecule has 4 heteroatoms. The second kappa shape index (κ2) is 4.89. The molecule has 2 aromatic rings. The van der Waals surface area contributed by atoms with E-state index in [0.29, 0.717) is 6.42 Å². The van der Waals surface area contributed by atoms with Crippen LogP contribution in [0.5, 0.6) is 0 Å². The predicted octanol–water partition coefficient (Wildman–Crippen LogP) is 3.89. The van der Waals surface area contributed by atoms with Gasteiger partial charge in [0.05, 0.1) is 5.38 Å². The summed E-state index contributed by atoms with van der Waals surface area (Å²) in [4.78, 5) is 7.20. The van der Waals surface area contributed by atoms with Gasteiger partial charge in [0.15, 0.2) is 0 Å². The van der Waals surface area contributed by atoms with Crippen LogP contribution in [0.15, 0.2) is 30.6 Å². The lowest BCUT2D eigenvalue weighted by atomic mass is 10.0. The van der Waals surface area contributed by atoms with Crippen molar-refractivity contribution in [1.29, 1.82) is 0 Å². The van der Waals surface area contributed by atoms with Crippen molar-refractivity contribution in [1.82, 2.24) is 9.97 Å². The third-order valence-electron chi connectivity index (χ3n) is 2.57. The molecule has 1 N–H and O–H groups in total. The zero-order valence-electron chi connectivity index (χ0n) is 8.87. The molecule has 2 rings (SSSR count). The number of benzene rings is 1.